The number of nitriles is 1. The third-order valence-electron chi connectivity index (χ3n) is 5.72. The first-order valence-electron chi connectivity index (χ1n) is 10.9. The molecule has 6 nitrogen and oxygen atoms in total. The van der Waals surface area contributed by atoms with E-state index in [1.807, 2.05) is 36.4 Å². The quantitative estimate of drug-likeness (QED) is 0.602. The van der Waals surface area contributed by atoms with Crippen LogP contribution in [0.2, 0.25) is 0 Å². The van der Waals surface area contributed by atoms with E-state index >= 15 is 0 Å². The molecule has 0 bridgehead atoms. The average Bonchev–Trinajstić information content (AvgIpc) is 3.14. The van der Waals surface area contributed by atoms with Crippen LogP contribution in [-0.4, -0.2) is 31.1 Å². The number of aromatic nitrogens is 1. The van der Waals surface area contributed by atoms with Gasteiger partial charge in [0, 0.05) is 18.7 Å². The van der Waals surface area contributed by atoms with Gasteiger partial charge < -0.3 is 15.0 Å². The highest BCUT2D eigenvalue weighted by Crippen LogP contribution is 2.33. The molecular weight excluding hydrogens is 400 g/mol. The molecule has 162 valence electrons. The van der Waals surface area contributed by atoms with Gasteiger partial charge in [-0.2, -0.15) is 5.26 Å². The van der Waals surface area contributed by atoms with Crippen LogP contribution < -0.4 is 15.0 Å². The SMILES string of the molecule is COc1c(C(=O)Nc2ccc(N3CCCCCC3)nc2)cccc1-c1ccc(C#N)cc1. The molecule has 1 N–H and O–H groups in total. The van der Waals surface area contributed by atoms with E-state index in [1.165, 1.54) is 25.7 Å². The lowest BCUT2D eigenvalue weighted by Gasteiger charge is -2.21. The zero-order valence-corrected chi connectivity index (χ0v) is 18.2. The second-order valence-electron chi connectivity index (χ2n) is 7.84. The molecule has 1 aliphatic heterocycles. The van der Waals surface area contributed by atoms with E-state index in [2.05, 4.69) is 21.3 Å². The van der Waals surface area contributed by atoms with Crippen molar-refractivity contribution in [1.82, 2.24) is 4.98 Å². The fourth-order valence-electron chi connectivity index (χ4n) is 4.03. The smallest absolute Gasteiger partial charge is 0.259 e. The van der Waals surface area contributed by atoms with Gasteiger partial charge in [0.15, 0.2) is 0 Å². The van der Waals surface area contributed by atoms with Crippen molar-refractivity contribution in [1.29, 1.82) is 5.26 Å². The molecule has 0 spiro atoms. The van der Waals surface area contributed by atoms with Gasteiger partial charge in [0.05, 0.1) is 36.2 Å². The lowest BCUT2D eigenvalue weighted by molar-refractivity contribution is 0.102. The highest BCUT2D eigenvalue weighted by atomic mass is 16.5. The average molecular weight is 427 g/mol. The van der Waals surface area contributed by atoms with Crippen molar-refractivity contribution >= 4 is 17.4 Å². The highest BCUT2D eigenvalue weighted by molar-refractivity contribution is 6.07. The Balaban J connectivity index is 1.53. The first-order valence-corrected chi connectivity index (χ1v) is 10.9. The standard InChI is InChI=1S/C26H26N4O2/c1-32-25-22(20-11-9-19(17-27)10-12-20)7-6-8-23(25)26(31)29-21-13-14-24(28-18-21)30-15-4-2-3-5-16-30/h6-14,18H,2-5,15-16H2,1H3,(H,29,31). The van der Waals surface area contributed by atoms with Gasteiger partial charge in [-0.25, -0.2) is 4.98 Å². The van der Waals surface area contributed by atoms with Crippen LogP contribution in [0.4, 0.5) is 11.5 Å². The summed E-state index contributed by atoms with van der Waals surface area (Å²) in [6, 6.07) is 18.6. The number of benzene rings is 2. The second kappa shape index (κ2) is 9.97. The van der Waals surface area contributed by atoms with Crippen LogP contribution in [0.5, 0.6) is 5.75 Å². The molecule has 0 atom stereocenters. The van der Waals surface area contributed by atoms with Crippen molar-refractivity contribution < 1.29 is 9.53 Å². The van der Waals surface area contributed by atoms with Crippen LogP contribution in [-0.2, 0) is 0 Å². The minimum Gasteiger partial charge on any atom is -0.495 e. The third-order valence-corrected chi connectivity index (χ3v) is 5.72. The van der Waals surface area contributed by atoms with Gasteiger partial charge in [0.25, 0.3) is 5.91 Å². The van der Waals surface area contributed by atoms with Crippen LogP contribution in [0.1, 0.15) is 41.6 Å². The van der Waals surface area contributed by atoms with Gasteiger partial charge >= 0.3 is 0 Å². The van der Waals surface area contributed by atoms with Gasteiger partial charge in [-0.15, -0.1) is 0 Å². The summed E-state index contributed by atoms with van der Waals surface area (Å²) in [7, 11) is 1.55. The van der Waals surface area contributed by atoms with Crippen molar-refractivity contribution in [3.8, 4) is 22.9 Å². The zero-order chi connectivity index (χ0) is 22.3. The number of ether oxygens (including phenoxy) is 1. The Morgan fingerprint density at radius 3 is 2.41 bits per heavy atom. The predicted molar refractivity (Wildman–Crippen MR) is 126 cm³/mol. The summed E-state index contributed by atoms with van der Waals surface area (Å²) in [4.78, 5) is 19.9. The summed E-state index contributed by atoms with van der Waals surface area (Å²) < 4.78 is 5.61. The molecule has 1 aliphatic rings. The number of hydrogen-bond donors (Lipinski definition) is 1. The number of para-hydroxylation sites is 1. The number of amides is 1. The summed E-state index contributed by atoms with van der Waals surface area (Å²) in [6.45, 7) is 2.05. The topological polar surface area (TPSA) is 78.2 Å². The van der Waals surface area contributed by atoms with E-state index in [9.17, 15) is 4.79 Å². The van der Waals surface area contributed by atoms with Gasteiger partial charge in [-0.05, 0) is 48.7 Å². The van der Waals surface area contributed by atoms with Crippen molar-refractivity contribution in [2.75, 3.05) is 30.4 Å². The van der Waals surface area contributed by atoms with Crippen molar-refractivity contribution in [2.24, 2.45) is 0 Å². The van der Waals surface area contributed by atoms with Crippen LogP contribution >= 0.6 is 0 Å². The molecule has 1 fully saturated rings. The van der Waals surface area contributed by atoms with Crippen molar-refractivity contribution in [2.45, 2.75) is 25.7 Å². The number of methoxy groups -OCH3 is 1. The molecule has 0 radical (unpaired) electrons. The summed E-state index contributed by atoms with van der Waals surface area (Å²) >= 11 is 0. The first kappa shape index (κ1) is 21.4. The molecule has 0 aliphatic carbocycles. The Labute approximate surface area is 188 Å². The number of hydrogen-bond acceptors (Lipinski definition) is 5. The fraction of sp³-hybridized carbons (Fsp3) is 0.269. The Morgan fingerprint density at radius 1 is 1.03 bits per heavy atom. The second-order valence-corrected chi connectivity index (χ2v) is 7.84. The fourth-order valence-corrected chi connectivity index (χ4v) is 4.03. The molecule has 2 heterocycles. The maximum Gasteiger partial charge on any atom is 0.259 e. The number of carbonyl (C=O) groups is 1. The number of pyridine rings is 1. The zero-order valence-electron chi connectivity index (χ0n) is 18.2. The summed E-state index contributed by atoms with van der Waals surface area (Å²) in [5.74, 6) is 1.18. The first-order chi connectivity index (χ1) is 15.7. The molecule has 4 rings (SSSR count). The Kier molecular flexibility index (Phi) is 6.66. The lowest BCUT2D eigenvalue weighted by atomic mass is 10.00. The van der Waals surface area contributed by atoms with E-state index in [0.29, 0.717) is 22.6 Å². The molecule has 1 saturated heterocycles. The monoisotopic (exact) mass is 426 g/mol. The summed E-state index contributed by atoms with van der Waals surface area (Å²) in [5.41, 5.74) is 3.32. The Morgan fingerprint density at radius 2 is 1.78 bits per heavy atom. The number of carbonyl (C=O) groups excluding carboxylic acids is 1. The molecule has 1 amide bonds. The van der Waals surface area contributed by atoms with E-state index in [1.54, 1.807) is 31.5 Å². The largest absolute Gasteiger partial charge is 0.495 e. The maximum atomic E-state index is 13.0. The van der Waals surface area contributed by atoms with Crippen LogP contribution in [0.3, 0.4) is 0 Å². The summed E-state index contributed by atoms with van der Waals surface area (Å²) in [5, 5.41) is 12.0. The number of rotatable bonds is 5. The summed E-state index contributed by atoms with van der Waals surface area (Å²) in [6.07, 6.45) is 6.63. The maximum absolute atomic E-state index is 13.0. The van der Waals surface area contributed by atoms with E-state index in [-0.39, 0.29) is 5.91 Å². The van der Waals surface area contributed by atoms with E-state index < -0.39 is 0 Å². The minimum absolute atomic E-state index is 0.262. The highest BCUT2D eigenvalue weighted by Gasteiger charge is 2.18. The molecule has 3 aromatic rings. The predicted octanol–water partition coefficient (Wildman–Crippen LogP) is 5.26. The van der Waals surface area contributed by atoms with Gasteiger partial charge in [-0.1, -0.05) is 37.1 Å². The Hall–Kier alpha value is -3.85. The number of anilines is 2. The molecule has 6 heteroatoms. The third kappa shape index (κ3) is 4.73. The van der Waals surface area contributed by atoms with Gasteiger partial charge in [-0.3, -0.25) is 4.79 Å². The van der Waals surface area contributed by atoms with E-state index in [0.717, 1.165) is 30.0 Å². The van der Waals surface area contributed by atoms with Crippen LogP contribution in [0.25, 0.3) is 11.1 Å². The van der Waals surface area contributed by atoms with Gasteiger partial charge in [0.2, 0.25) is 0 Å². The normalized spacial score (nSPS) is 13.7. The van der Waals surface area contributed by atoms with E-state index in [4.69, 9.17) is 10.00 Å². The molecule has 0 saturated carbocycles. The van der Waals surface area contributed by atoms with Crippen molar-refractivity contribution in [3.63, 3.8) is 0 Å². The van der Waals surface area contributed by atoms with Crippen LogP contribution in [0, 0.1) is 11.3 Å². The molecule has 32 heavy (non-hydrogen) atoms. The van der Waals surface area contributed by atoms with Crippen LogP contribution in [0.15, 0.2) is 60.8 Å². The lowest BCUT2D eigenvalue weighted by Crippen LogP contribution is -2.24. The van der Waals surface area contributed by atoms with Gasteiger partial charge in [0.1, 0.15) is 11.6 Å². The minimum atomic E-state index is -0.262. The molecule has 0 unspecified atom stereocenters. The Bertz CT molecular complexity index is 1110. The molecular formula is C26H26N4O2. The number of nitrogens with zero attached hydrogens (tertiary/aromatic N) is 3. The van der Waals surface area contributed by atoms with Crippen molar-refractivity contribution in [3.05, 3.63) is 71.9 Å². The molecule has 1 aromatic heterocycles. The number of nitrogens with one attached hydrogen (secondary N) is 1. The molecule has 2 aromatic carbocycles.